The van der Waals surface area contributed by atoms with Gasteiger partial charge in [-0.2, -0.15) is 0 Å². The molecule has 0 amide bonds. The fourth-order valence-corrected chi connectivity index (χ4v) is 0.869. The maximum atomic E-state index is 11.1. The molecule has 0 aromatic rings. The molecule has 0 heterocycles. The molecule has 0 saturated carbocycles. The van der Waals surface area contributed by atoms with Gasteiger partial charge in [0.05, 0.1) is 20.0 Å². The molecule has 0 fully saturated rings. The Balaban J connectivity index is 3.72. The number of hydrogen-bond donors (Lipinski definition) is 0. The molecule has 0 N–H and O–H groups in total. The number of carbonyl (C=O) groups excluding carboxylic acids is 3. The largest absolute Gasteiger partial charge is 0.469 e. The van der Waals surface area contributed by atoms with Gasteiger partial charge < -0.3 is 14.2 Å². The predicted octanol–water partition coefficient (Wildman–Crippen LogP) is 0.600. The van der Waals surface area contributed by atoms with Crippen molar-refractivity contribution in [2.75, 3.05) is 13.7 Å². The normalized spacial score (nSPS) is 11.2. The van der Waals surface area contributed by atoms with Crippen molar-refractivity contribution in [1.29, 1.82) is 0 Å². The fourth-order valence-electron chi connectivity index (χ4n) is 0.869. The zero-order valence-corrected chi connectivity index (χ0v) is 9.93. The van der Waals surface area contributed by atoms with Crippen molar-refractivity contribution < 1.29 is 28.6 Å². The molecule has 6 nitrogen and oxygen atoms in total. The first kappa shape index (κ1) is 15.2. The molecule has 1 atom stereocenters. The second kappa shape index (κ2) is 8.32. The Morgan fingerprint density at radius 1 is 1.24 bits per heavy atom. The molecule has 6 heteroatoms. The smallest absolute Gasteiger partial charge is 0.330 e. The maximum absolute atomic E-state index is 11.1. The third-order valence-corrected chi connectivity index (χ3v) is 1.72. The minimum Gasteiger partial charge on any atom is -0.469 e. The molecular formula is C11H16O6. The highest BCUT2D eigenvalue weighted by molar-refractivity contribution is 5.81. The van der Waals surface area contributed by atoms with Crippen molar-refractivity contribution in [3.05, 3.63) is 12.7 Å². The molecule has 0 bridgehead atoms. The summed E-state index contributed by atoms with van der Waals surface area (Å²) in [6, 6.07) is 0. The van der Waals surface area contributed by atoms with Gasteiger partial charge in [0, 0.05) is 6.08 Å². The second-order valence-electron chi connectivity index (χ2n) is 3.21. The van der Waals surface area contributed by atoms with E-state index in [9.17, 15) is 14.4 Å². The van der Waals surface area contributed by atoms with E-state index in [1.54, 1.807) is 6.92 Å². The van der Waals surface area contributed by atoms with Crippen molar-refractivity contribution in [3.63, 3.8) is 0 Å². The molecule has 0 aliphatic heterocycles. The van der Waals surface area contributed by atoms with Crippen LogP contribution in [0.4, 0.5) is 0 Å². The van der Waals surface area contributed by atoms with Crippen LogP contribution >= 0.6 is 0 Å². The summed E-state index contributed by atoms with van der Waals surface area (Å²) < 4.78 is 13.9. The van der Waals surface area contributed by atoms with Gasteiger partial charge in [-0.05, 0) is 6.92 Å². The molecule has 17 heavy (non-hydrogen) atoms. The Morgan fingerprint density at radius 3 is 2.35 bits per heavy atom. The predicted molar refractivity (Wildman–Crippen MR) is 58.0 cm³/mol. The van der Waals surface area contributed by atoms with Crippen LogP contribution in [0.25, 0.3) is 0 Å². The topological polar surface area (TPSA) is 78.9 Å². The summed E-state index contributed by atoms with van der Waals surface area (Å²) >= 11 is 0. The van der Waals surface area contributed by atoms with E-state index in [2.05, 4.69) is 11.3 Å². The first-order valence-electron chi connectivity index (χ1n) is 5.05. The van der Waals surface area contributed by atoms with Gasteiger partial charge in [0.1, 0.15) is 12.7 Å². The maximum Gasteiger partial charge on any atom is 0.330 e. The van der Waals surface area contributed by atoms with E-state index in [4.69, 9.17) is 9.47 Å². The first-order valence-corrected chi connectivity index (χ1v) is 5.05. The molecule has 0 aromatic heterocycles. The molecule has 0 saturated heterocycles. The van der Waals surface area contributed by atoms with Crippen LogP contribution in [-0.4, -0.2) is 37.7 Å². The molecule has 0 spiro atoms. The van der Waals surface area contributed by atoms with E-state index in [0.29, 0.717) is 0 Å². The van der Waals surface area contributed by atoms with Crippen LogP contribution in [0.3, 0.4) is 0 Å². The Bertz CT molecular complexity index is 296. The van der Waals surface area contributed by atoms with Crippen LogP contribution in [0.2, 0.25) is 0 Å². The van der Waals surface area contributed by atoms with Gasteiger partial charge in [-0.15, -0.1) is 0 Å². The van der Waals surface area contributed by atoms with E-state index in [-0.39, 0.29) is 19.4 Å². The minimum absolute atomic E-state index is 0.0316. The molecule has 0 radical (unpaired) electrons. The highest BCUT2D eigenvalue weighted by Crippen LogP contribution is 1.98. The summed E-state index contributed by atoms with van der Waals surface area (Å²) in [5.41, 5.74) is 0. The lowest BCUT2D eigenvalue weighted by Gasteiger charge is -2.11. The van der Waals surface area contributed by atoms with Crippen LogP contribution in [-0.2, 0) is 28.6 Å². The van der Waals surface area contributed by atoms with Gasteiger partial charge in [0.2, 0.25) is 0 Å². The summed E-state index contributed by atoms with van der Waals surface area (Å²) in [5.74, 6) is -1.60. The zero-order valence-electron chi connectivity index (χ0n) is 9.93. The summed E-state index contributed by atoms with van der Waals surface area (Å²) in [4.78, 5) is 32.6. The number of esters is 3. The van der Waals surface area contributed by atoms with Crippen molar-refractivity contribution in [3.8, 4) is 0 Å². The molecule has 0 aliphatic rings. The van der Waals surface area contributed by atoms with E-state index < -0.39 is 24.0 Å². The fraction of sp³-hybridized carbons (Fsp3) is 0.545. The zero-order chi connectivity index (χ0) is 13.3. The Morgan fingerprint density at radius 2 is 1.82 bits per heavy atom. The molecule has 96 valence electrons. The van der Waals surface area contributed by atoms with Gasteiger partial charge >= 0.3 is 17.9 Å². The average molecular weight is 244 g/mol. The third kappa shape index (κ3) is 8.01. The molecule has 1 unspecified atom stereocenters. The summed E-state index contributed by atoms with van der Waals surface area (Å²) in [7, 11) is 1.24. The van der Waals surface area contributed by atoms with Gasteiger partial charge in [0.25, 0.3) is 0 Å². The van der Waals surface area contributed by atoms with Gasteiger partial charge in [-0.25, -0.2) is 4.79 Å². The van der Waals surface area contributed by atoms with Gasteiger partial charge in [-0.1, -0.05) is 6.58 Å². The minimum atomic E-state index is -0.580. The monoisotopic (exact) mass is 244 g/mol. The van der Waals surface area contributed by atoms with Crippen molar-refractivity contribution in [2.24, 2.45) is 0 Å². The van der Waals surface area contributed by atoms with E-state index in [1.165, 1.54) is 7.11 Å². The van der Waals surface area contributed by atoms with Crippen molar-refractivity contribution in [2.45, 2.75) is 25.9 Å². The lowest BCUT2D eigenvalue weighted by atomic mass is 10.3. The number of methoxy groups -OCH3 is 1. The Labute approximate surface area is 99.5 Å². The quantitative estimate of drug-likeness (QED) is 0.370. The second-order valence-corrected chi connectivity index (χ2v) is 3.21. The molecule has 0 aliphatic carbocycles. The van der Waals surface area contributed by atoms with Crippen LogP contribution in [0.1, 0.15) is 19.8 Å². The van der Waals surface area contributed by atoms with Crippen LogP contribution in [0.5, 0.6) is 0 Å². The first-order chi connectivity index (χ1) is 7.99. The van der Waals surface area contributed by atoms with E-state index >= 15 is 0 Å². The van der Waals surface area contributed by atoms with E-state index in [1.807, 2.05) is 0 Å². The standard InChI is InChI=1S/C11H16O6/c1-4-9(12)17-8(2)7-16-11(14)6-5-10(13)15-3/h4,8H,1,5-7H2,2-3H3. The van der Waals surface area contributed by atoms with Crippen molar-refractivity contribution >= 4 is 17.9 Å². The molecule has 0 aromatic carbocycles. The Hall–Kier alpha value is -1.85. The number of ether oxygens (including phenoxy) is 3. The van der Waals surface area contributed by atoms with Crippen LogP contribution < -0.4 is 0 Å². The Kier molecular flexibility index (Phi) is 7.41. The number of hydrogen-bond acceptors (Lipinski definition) is 6. The molecular weight excluding hydrogens is 228 g/mol. The van der Waals surface area contributed by atoms with E-state index in [0.717, 1.165) is 6.08 Å². The lowest BCUT2D eigenvalue weighted by Crippen LogP contribution is -2.21. The van der Waals surface area contributed by atoms with Crippen LogP contribution in [0, 0.1) is 0 Å². The SMILES string of the molecule is C=CC(=O)OC(C)COC(=O)CCC(=O)OC. The number of carbonyl (C=O) groups is 3. The summed E-state index contributed by atoms with van der Waals surface area (Å²) in [6.07, 6.45) is 0.378. The summed E-state index contributed by atoms with van der Waals surface area (Å²) in [5, 5.41) is 0. The van der Waals surface area contributed by atoms with Gasteiger partial charge in [-0.3, -0.25) is 9.59 Å². The highest BCUT2D eigenvalue weighted by atomic mass is 16.6. The van der Waals surface area contributed by atoms with Gasteiger partial charge in [0.15, 0.2) is 0 Å². The highest BCUT2D eigenvalue weighted by Gasteiger charge is 2.11. The third-order valence-electron chi connectivity index (χ3n) is 1.72. The van der Waals surface area contributed by atoms with Crippen LogP contribution in [0.15, 0.2) is 12.7 Å². The average Bonchev–Trinajstić information content (AvgIpc) is 2.32. The number of rotatable bonds is 7. The molecule has 0 rings (SSSR count). The van der Waals surface area contributed by atoms with Crippen molar-refractivity contribution in [1.82, 2.24) is 0 Å². The summed E-state index contributed by atoms with van der Waals surface area (Å²) in [6.45, 7) is 4.76. The lowest BCUT2D eigenvalue weighted by molar-refractivity contribution is -0.156.